The molecule has 0 aliphatic heterocycles. The predicted molar refractivity (Wildman–Crippen MR) is 102 cm³/mol. The maximum atomic E-state index is 11.9. The van der Waals surface area contributed by atoms with E-state index < -0.39 is 18.2 Å². The standard InChI is InChI=1S/C19H21N5O4/c20-24-22-12-17(23-19(26)28-14-16-9-5-2-6-10-16)11-21-18(25)27-13-15-7-3-1-4-8-15/h1-10,17H,11-14H2,(H,21,25)(H,23,26). The summed E-state index contributed by atoms with van der Waals surface area (Å²) in [5.74, 6) is 0. The van der Waals surface area contributed by atoms with Gasteiger partial charge >= 0.3 is 12.2 Å². The summed E-state index contributed by atoms with van der Waals surface area (Å²) < 4.78 is 10.2. The van der Waals surface area contributed by atoms with E-state index >= 15 is 0 Å². The number of carbonyl (C=O) groups is 2. The van der Waals surface area contributed by atoms with E-state index in [-0.39, 0.29) is 26.3 Å². The normalized spacial score (nSPS) is 10.9. The zero-order valence-corrected chi connectivity index (χ0v) is 15.2. The van der Waals surface area contributed by atoms with Crippen LogP contribution in [0.3, 0.4) is 0 Å². The lowest BCUT2D eigenvalue weighted by molar-refractivity contribution is 0.130. The minimum atomic E-state index is -0.679. The number of hydrogen-bond acceptors (Lipinski definition) is 5. The number of rotatable bonds is 9. The fraction of sp³-hybridized carbons (Fsp3) is 0.263. The highest BCUT2D eigenvalue weighted by Gasteiger charge is 2.14. The molecule has 28 heavy (non-hydrogen) atoms. The van der Waals surface area contributed by atoms with Crippen LogP contribution in [-0.4, -0.2) is 31.3 Å². The van der Waals surface area contributed by atoms with Gasteiger partial charge in [-0.3, -0.25) is 0 Å². The minimum Gasteiger partial charge on any atom is -0.445 e. The summed E-state index contributed by atoms with van der Waals surface area (Å²) >= 11 is 0. The summed E-state index contributed by atoms with van der Waals surface area (Å²) in [6.45, 7) is 0.205. The lowest BCUT2D eigenvalue weighted by Crippen LogP contribution is -2.45. The van der Waals surface area contributed by atoms with E-state index in [1.807, 2.05) is 60.7 Å². The first-order valence-electron chi connectivity index (χ1n) is 8.60. The third-order valence-corrected chi connectivity index (χ3v) is 3.61. The molecule has 2 amide bonds. The van der Waals surface area contributed by atoms with Crippen LogP contribution in [0.5, 0.6) is 0 Å². The van der Waals surface area contributed by atoms with Gasteiger partial charge in [-0.05, 0) is 16.7 Å². The Balaban J connectivity index is 1.75. The number of ether oxygens (including phenoxy) is 2. The van der Waals surface area contributed by atoms with Crippen LogP contribution in [0, 0.1) is 0 Å². The van der Waals surface area contributed by atoms with Gasteiger partial charge in [0.1, 0.15) is 13.2 Å². The SMILES string of the molecule is [N-]=[N+]=NCC(CNC(=O)OCc1ccccc1)NC(=O)OCc1ccccc1. The highest BCUT2D eigenvalue weighted by molar-refractivity contribution is 5.69. The molecule has 0 spiro atoms. The Morgan fingerprint density at radius 1 is 0.929 bits per heavy atom. The van der Waals surface area contributed by atoms with Crippen molar-refractivity contribution in [3.63, 3.8) is 0 Å². The third-order valence-electron chi connectivity index (χ3n) is 3.61. The Morgan fingerprint density at radius 2 is 1.46 bits per heavy atom. The molecule has 0 radical (unpaired) electrons. The summed E-state index contributed by atoms with van der Waals surface area (Å²) in [5, 5.41) is 8.51. The number of benzene rings is 2. The monoisotopic (exact) mass is 383 g/mol. The second kappa shape index (κ2) is 11.8. The molecule has 0 saturated carbocycles. The van der Waals surface area contributed by atoms with Crippen LogP contribution in [0.25, 0.3) is 10.4 Å². The highest BCUT2D eigenvalue weighted by Crippen LogP contribution is 2.02. The topological polar surface area (TPSA) is 125 Å². The molecule has 1 atom stereocenters. The van der Waals surface area contributed by atoms with Gasteiger partial charge in [-0.25, -0.2) is 9.59 Å². The van der Waals surface area contributed by atoms with E-state index in [0.717, 1.165) is 11.1 Å². The highest BCUT2D eigenvalue weighted by atomic mass is 16.6. The van der Waals surface area contributed by atoms with E-state index in [9.17, 15) is 9.59 Å². The molecule has 0 bridgehead atoms. The molecule has 0 heterocycles. The van der Waals surface area contributed by atoms with Gasteiger partial charge in [0.15, 0.2) is 0 Å². The molecule has 0 saturated heterocycles. The van der Waals surface area contributed by atoms with Gasteiger partial charge in [0.05, 0.1) is 6.04 Å². The Kier molecular flexibility index (Phi) is 8.70. The first kappa shape index (κ1) is 20.6. The molecular weight excluding hydrogens is 362 g/mol. The summed E-state index contributed by atoms with van der Waals surface area (Å²) in [5.41, 5.74) is 10.2. The smallest absolute Gasteiger partial charge is 0.407 e. The van der Waals surface area contributed by atoms with Crippen molar-refractivity contribution in [1.29, 1.82) is 0 Å². The van der Waals surface area contributed by atoms with Crippen LogP contribution in [0.4, 0.5) is 9.59 Å². The van der Waals surface area contributed by atoms with Crippen LogP contribution < -0.4 is 10.6 Å². The average Bonchev–Trinajstić information content (AvgIpc) is 2.74. The Morgan fingerprint density at radius 3 is 2.00 bits per heavy atom. The molecule has 2 rings (SSSR count). The molecule has 2 N–H and O–H groups in total. The number of hydrogen-bond donors (Lipinski definition) is 2. The quantitative estimate of drug-likeness (QED) is 0.390. The molecule has 9 nitrogen and oxygen atoms in total. The van der Waals surface area contributed by atoms with Gasteiger partial charge in [0.2, 0.25) is 0 Å². The van der Waals surface area contributed by atoms with Gasteiger partial charge in [0, 0.05) is 18.0 Å². The third kappa shape index (κ3) is 8.11. The summed E-state index contributed by atoms with van der Waals surface area (Å²) in [6.07, 6.45) is -1.32. The van der Waals surface area contributed by atoms with Gasteiger partial charge < -0.3 is 20.1 Å². The van der Waals surface area contributed by atoms with Gasteiger partial charge in [-0.1, -0.05) is 65.8 Å². The molecule has 0 aliphatic carbocycles. The summed E-state index contributed by atoms with van der Waals surface area (Å²) in [4.78, 5) is 26.4. The minimum absolute atomic E-state index is 0.0209. The van der Waals surface area contributed by atoms with Crippen molar-refractivity contribution in [1.82, 2.24) is 10.6 Å². The van der Waals surface area contributed by atoms with Crippen molar-refractivity contribution in [3.05, 3.63) is 82.2 Å². The number of alkyl carbamates (subject to hydrolysis) is 2. The van der Waals surface area contributed by atoms with Crippen LogP contribution in [-0.2, 0) is 22.7 Å². The van der Waals surface area contributed by atoms with Gasteiger partial charge in [-0.15, -0.1) is 0 Å². The van der Waals surface area contributed by atoms with Crippen molar-refractivity contribution >= 4 is 12.2 Å². The van der Waals surface area contributed by atoms with Crippen LogP contribution >= 0.6 is 0 Å². The second-order valence-electron chi connectivity index (χ2n) is 5.76. The number of nitrogens with one attached hydrogen (secondary N) is 2. The van der Waals surface area contributed by atoms with Crippen LogP contribution in [0.1, 0.15) is 11.1 Å². The van der Waals surface area contributed by atoms with Gasteiger partial charge in [-0.2, -0.15) is 0 Å². The summed E-state index contributed by atoms with van der Waals surface area (Å²) in [6, 6.07) is 17.8. The van der Waals surface area contributed by atoms with E-state index in [2.05, 4.69) is 20.7 Å². The molecule has 2 aromatic carbocycles. The summed E-state index contributed by atoms with van der Waals surface area (Å²) in [7, 11) is 0. The van der Waals surface area contributed by atoms with Gasteiger partial charge in [0.25, 0.3) is 0 Å². The van der Waals surface area contributed by atoms with Crippen molar-refractivity contribution in [2.24, 2.45) is 5.11 Å². The molecule has 146 valence electrons. The average molecular weight is 383 g/mol. The first-order valence-corrected chi connectivity index (χ1v) is 8.60. The van der Waals surface area contributed by atoms with E-state index in [1.54, 1.807) is 0 Å². The maximum absolute atomic E-state index is 11.9. The predicted octanol–water partition coefficient (Wildman–Crippen LogP) is 3.52. The van der Waals surface area contributed by atoms with E-state index in [0.29, 0.717) is 0 Å². The van der Waals surface area contributed by atoms with E-state index in [1.165, 1.54) is 0 Å². The zero-order chi connectivity index (χ0) is 20.0. The largest absolute Gasteiger partial charge is 0.445 e. The molecule has 0 aliphatic rings. The number of nitrogens with zero attached hydrogens (tertiary/aromatic N) is 3. The van der Waals surface area contributed by atoms with Crippen molar-refractivity contribution in [3.8, 4) is 0 Å². The lowest BCUT2D eigenvalue weighted by atomic mass is 10.2. The molecule has 2 aromatic rings. The van der Waals surface area contributed by atoms with Crippen molar-refractivity contribution in [2.45, 2.75) is 19.3 Å². The fourth-order valence-electron chi connectivity index (χ4n) is 2.21. The molecule has 9 heteroatoms. The number of azide groups is 1. The zero-order valence-electron chi connectivity index (χ0n) is 15.2. The molecule has 0 aromatic heterocycles. The fourth-order valence-corrected chi connectivity index (χ4v) is 2.21. The van der Waals surface area contributed by atoms with Crippen molar-refractivity contribution < 1.29 is 19.1 Å². The van der Waals surface area contributed by atoms with Crippen LogP contribution in [0.2, 0.25) is 0 Å². The first-order chi connectivity index (χ1) is 13.7. The molecular formula is C19H21N5O4. The Labute approximate surface area is 162 Å². The molecule has 0 fully saturated rings. The Hall–Kier alpha value is -3.71. The molecule has 1 unspecified atom stereocenters. The van der Waals surface area contributed by atoms with Crippen molar-refractivity contribution in [2.75, 3.05) is 13.1 Å². The second-order valence-corrected chi connectivity index (χ2v) is 5.76. The number of amides is 2. The lowest BCUT2D eigenvalue weighted by Gasteiger charge is -2.17. The maximum Gasteiger partial charge on any atom is 0.407 e. The Bertz CT molecular complexity index is 794. The van der Waals surface area contributed by atoms with Crippen LogP contribution in [0.15, 0.2) is 65.8 Å². The van der Waals surface area contributed by atoms with E-state index in [4.69, 9.17) is 15.0 Å². The number of carbonyl (C=O) groups excluding carboxylic acids is 2.